The third-order valence-corrected chi connectivity index (χ3v) is 7.90. The van der Waals surface area contributed by atoms with E-state index in [4.69, 9.17) is 15.0 Å². The first kappa shape index (κ1) is 24.9. The van der Waals surface area contributed by atoms with Gasteiger partial charge in [0.15, 0.2) is 17.5 Å². The van der Waals surface area contributed by atoms with Crippen LogP contribution in [0.4, 0.5) is 0 Å². The number of aromatic amines is 1. The van der Waals surface area contributed by atoms with Crippen LogP contribution in [-0.4, -0.2) is 19.9 Å². The Morgan fingerprint density at radius 2 is 0.837 bits per heavy atom. The summed E-state index contributed by atoms with van der Waals surface area (Å²) in [5.41, 5.74) is 9.53. The van der Waals surface area contributed by atoms with E-state index >= 15 is 0 Å². The molecule has 0 fully saturated rings. The minimum atomic E-state index is 0.635. The third kappa shape index (κ3) is 4.65. The van der Waals surface area contributed by atoms with E-state index in [1.807, 2.05) is 18.2 Å². The lowest BCUT2D eigenvalue weighted by molar-refractivity contribution is 1.07. The standard InChI is InChI=1S/C39H26N4/c1-3-11-26(12-4-1)27-19-21-29(22-20-27)37-41-38(30-23-24-33-32-16-9-10-18-35(32)40-36(33)25-30)43-39(42-37)34-17-8-7-15-31(34)28-13-5-2-6-14-28/h1-25,40H. The molecule has 0 unspecified atom stereocenters. The molecule has 4 nitrogen and oxygen atoms in total. The van der Waals surface area contributed by atoms with E-state index in [1.54, 1.807) is 0 Å². The predicted molar refractivity (Wildman–Crippen MR) is 176 cm³/mol. The van der Waals surface area contributed by atoms with Gasteiger partial charge in [-0.05, 0) is 34.4 Å². The Balaban J connectivity index is 1.30. The molecular weight excluding hydrogens is 524 g/mol. The molecule has 0 atom stereocenters. The average molecular weight is 551 g/mol. The van der Waals surface area contributed by atoms with Gasteiger partial charge in [0.25, 0.3) is 0 Å². The van der Waals surface area contributed by atoms with Gasteiger partial charge in [-0.15, -0.1) is 0 Å². The summed E-state index contributed by atoms with van der Waals surface area (Å²) >= 11 is 0. The van der Waals surface area contributed by atoms with Crippen molar-refractivity contribution in [1.29, 1.82) is 0 Å². The molecule has 0 aliphatic carbocycles. The molecule has 4 heteroatoms. The molecule has 0 radical (unpaired) electrons. The highest BCUT2D eigenvalue weighted by Crippen LogP contribution is 2.34. The second-order valence-electron chi connectivity index (χ2n) is 10.6. The van der Waals surface area contributed by atoms with Crippen molar-refractivity contribution in [2.75, 3.05) is 0 Å². The molecule has 0 bridgehead atoms. The number of aromatic nitrogens is 4. The van der Waals surface area contributed by atoms with Gasteiger partial charge >= 0.3 is 0 Å². The number of hydrogen-bond acceptors (Lipinski definition) is 3. The normalized spacial score (nSPS) is 11.3. The fraction of sp³-hybridized carbons (Fsp3) is 0. The summed E-state index contributed by atoms with van der Waals surface area (Å²) in [7, 11) is 0. The molecule has 0 amide bonds. The molecule has 1 N–H and O–H groups in total. The van der Waals surface area contributed by atoms with Crippen LogP contribution in [0.3, 0.4) is 0 Å². The molecule has 8 rings (SSSR count). The van der Waals surface area contributed by atoms with Gasteiger partial charge in [0.1, 0.15) is 0 Å². The zero-order valence-corrected chi connectivity index (χ0v) is 23.3. The Bertz CT molecular complexity index is 2220. The molecule has 0 saturated heterocycles. The Labute approximate surface area is 249 Å². The molecule has 0 aliphatic rings. The average Bonchev–Trinajstić information content (AvgIpc) is 3.47. The van der Waals surface area contributed by atoms with Gasteiger partial charge in [-0.3, -0.25) is 0 Å². The van der Waals surface area contributed by atoms with Gasteiger partial charge in [-0.25, -0.2) is 15.0 Å². The lowest BCUT2D eigenvalue weighted by Gasteiger charge is -2.12. The van der Waals surface area contributed by atoms with E-state index in [-0.39, 0.29) is 0 Å². The maximum Gasteiger partial charge on any atom is 0.164 e. The lowest BCUT2D eigenvalue weighted by Crippen LogP contribution is -2.01. The Kier molecular flexibility index (Phi) is 6.08. The second kappa shape index (κ2) is 10.5. The fourth-order valence-corrected chi connectivity index (χ4v) is 5.74. The first-order valence-corrected chi connectivity index (χ1v) is 14.4. The highest BCUT2D eigenvalue weighted by atomic mass is 15.0. The van der Waals surface area contributed by atoms with Gasteiger partial charge in [-0.1, -0.05) is 140 Å². The van der Waals surface area contributed by atoms with Crippen LogP contribution in [-0.2, 0) is 0 Å². The van der Waals surface area contributed by atoms with E-state index in [1.165, 1.54) is 16.3 Å². The second-order valence-corrected chi connectivity index (χ2v) is 10.6. The number of rotatable bonds is 5. The van der Waals surface area contributed by atoms with Crippen LogP contribution in [0.2, 0.25) is 0 Å². The van der Waals surface area contributed by atoms with Crippen molar-refractivity contribution in [3.05, 3.63) is 152 Å². The first-order chi connectivity index (χ1) is 21.3. The van der Waals surface area contributed by atoms with E-state index in [9.17, 15) is 0 Å². The summed E-state index contributed by atoms with van der Waals surface area (Å²) in [6.07, 6.45) is 0. The highest BCUT2D eigenvalue weighted by Gasteiger charge is 2.16. The quantitative estimate of drug-likeness (QED) is 0.232. The van der Waals surface area contributed by atoms with Crippen LogP contribution in [0, 0.1) is 0 Å². The summed E-state index contributed by atoms with van der Waals surface area (Å²) in [6, 6.07) is 52.3. The largest absolute Gasteiger partial charge is 0.354 e. The first-order valence-electron chi connectivity index (χ1n) is 14.4. The number of benzene rings is 6. The van der Waals surface area contributed by atoms with Gasteiger partial charge in [-0.2, -0.15) is 0 Å². The van der Waals surface area contributed by atoms with E-state index in [0.717, 1.165) is 44.4 Å². The van der Waals surface area contributed by atoms with Gasteiger partial charge in [0.2, 0.25) is 0 Å². The molecule has 202 valence electrons. The molecule has 6 aromatic carbocycles. The molecular formula is C39H26N4. The van der Waals surface area contributed by atoms with Crippen LogP contribution in [0.15, 0.2) is 152 Å². The van der Waals surface area contributed by atoms with Crippen LogP contribution in [0.25, 0.3) is 78.2 Å². The molecule has 0 spiro atoms. The maximum atomic E-state index is 5.08. The minimum absolute atomic E-state index is 0.635. The van der Waals surface area contributed by atoms with Crippen molar-refractivity contribution >= 4 is 21.8 Å². The molecule has 8 aromatic rings. The van der Waals surface area contributed by atoms with Gasteiger partial charge in [0, 0.05) is 38.5 Å². The van der Waals surface area contributed by atoms with Crippen molar-refractivity contribution in [2.45, 2.75) is 0 Å². The number of nitrogens with one attached hydrogen (secondary N) is 1. The zero-order chi connectivity index (χ0) is 28.6. The van der Waals surface area contributed by atoms with Crippen molar-refractivity contribution in [3.8, 4) is 56.4 Å². The number of fused-ring (bicyclic) bond motifs is 3. The Hall–Kier alpha value is -5.87. The van der Waals surface area contributed by atoms with Crippen LogP contribution < -0.4 is 0 Å². The summed E-state index contributed by atoms with van der Waals surface area (Å²) in [5.74, 6) is 1.91. The maximum absolute atomic E-state index is 5.08. The van der Waals surface area contributed by atoms with Crippen molar-refractivity contribution in [2.24, 2.45) is 0 Å². The van der Waals surface area contributed by atoms with Gasteiger partial charge in [0.05, 0.1) is 0 Å². The minimum Gasteiger partial charge on any atom is -0.354 e. The van der Waals surface area contributed by atoms with Crippen molar-refractivity contribution < 1.29 is 0 Å². The zero-order valence-electron chi connectivity index (χ0n) is 23.3. The van der Waals surface area contributed by atoms with Crippen LogP contribution in [0.5, 0.6) is 0 Å². The highest BCUT2D eigenvalue weighted by molar-refractivity contribution is 6.08. The third-order valence-electron chi connectivity index (χ3n) is 7.90. The van der Waals surface area contributed by atoms with Gasteiger partial charge < -0.3 is 4.98 Å². The van der Waals surface area contributed by atoms with Crippen LogP contribution in [0.1, 0.15) is 0 Å². The van der Waals surface area contributed by atoms with E-state index < -0.39 is 0 Å². The summed E-state index contributed by atoms with van der Waals surface area (Å²) in [6.45, 7) is 0. The topological polar surface area (TPSA) is 54.5 Å². The molecule has 0 saturated carbocycles. The Morgan fingerprint density at radius 1 is 0.326 bits per heavy atom. The number of para-hydroxylation sites is 1. The summed E-state index contributed by atoms with van der Waals surface area (Å²) < 4.78 is 0. The summed E-state index contributed by atoms with van der Waals surface area (Å²) in [5, 5.41) is 2.39. The molecule has 2 aromatic heterocycles. The monoisotopic (exact) mass is 550 g/mol. The SMILES string of the molecule is c1ccc(-c2ccc(-c3nc(-c4ccc5c(c4)[nH]c4ccccc45)nc(-c4ccccc4-c4ccccc4)n3)cc2)cc1. The number of nitrogens with zero attached hydrogens (tertiary/aromatic N) is 3. The molecule has 2 heterocycles. The smallest absolute Gasteiger partial charge is 0.164 e. The number of hydrogen-bond donors (Lipinski definition) is 1. The van der Waals surface area contributed by atoms with Crippen molar-refractivity contribution in [1.82, 2.24) is 19.9 Å². The van der Waals surface area contributed by atoms with E-state index in [2.05, 4.69) is 138 Å². The van der Waals surface area contributed by atoms with Crippen LogP contribution >= 0.6 is 0 Å². The van der Waals surface area contributed by atoms with Crippen molar-refractivity contribution in [3.63, 3.8) is 0 Å². The lowest BCUT2D eigenvalue weighted by atomic mass is 9.99. The predicted octanol–water partition coefficient (Wildman–Crippen LogP) is 9.84. The van der Waals surface area contributed by atoms with E-state index in [0.29, 0.717) is 17.5 Å². The molecule has 43 heavy (non-hydrogen) atoms. The Morgan fingerprint density at radius 3 is 1.60 bits per heavy atom. The summed E-state index contributed by atoms with van der Waals surface area (Å²) in [4.78, 5) is 18.7. The number of H-pyrrole nitrogens is 1. The fourth-order valence-electron chi connectivity index (χ4n) is 5.74. The molecule has 0 aliphatic heterocycles.